The molecule has 2 aromatic carbocycles. The van der Waals surface area contributed by atoms with E-state index in [2.05, 4.69) is 48.0 Å². The second-order valence-corrected chi connectivity index (χ2v) is 8.60. The van der Waals surface area contributed by atoms with Gasteiger partial charge in [0, 0.05) is 50.1 Å². The van der Waals surface area contributed by atoms with Crippen molar-refractivity contribution in [1.82, 2.24) is 4.90 Å². The Bertz CT molecular complexity index is 862. The molecular weight excluding hydrogens is 346 g/mol. The van der Waals surface area contributed by atoms with Crippen molar-refractivity contribution in [1.29, 1.82) is 5.26 Å². The highest BCUT2D eigenvalue weighted by molar-refractivity contribution is 5.64. The lowest BCUT2D eigenvalue weighted by Gasteiger charge is -2.40. The Morgan fingerprint density at radius 1 is 1.14 bits per heavy atom. The van der Waals surface area contributed by atoms with Gasteiger partial charge in [0.25, 0.3) is 0 Å². The third kappa shape index (κ3) is 4.06. The summed E-state index contributed by atoms with van der Waals surface area (Å²) in [6.07, 6.45) is 3.56. The number of nitriles is 1. The van der Waals surface area contributed by atoms with Gasteiger partial charge in [0.05, 0.1) is 18.2 Å². The Balaban J connectivity index is 1.49. The molecule has 2 heterocycles. The summed E-state index contributed by atoms with van der Waals surface area (Å²) in [5.74, 6) is 0. The molecule has 0 N–H and O–H groups in total. The molecule has 2 aliphatic rings. The maximum absolute atomic E-state index is 9.00. The molecule has 4 rings (SSSR count). The van der Waals surface area contributed by atoms with E-state index in [0.717, 1.165) is 45.0 Å². The van der Waals surface area contributed by atoms with Gasteiger partial charge in [-0.25, -0.2) is 0 Å². The highest BCUT2D eigenvalue weighted by Crippen LogP contribution is 2.33. The van der Waals surface area contributed by atoms with Crippen molar-refractivity contribution in [3.63, 3.8) is 0 Å². The lowest BCUT2D eigenvalue weighted by atomic mass is 9.83. The van der Waals surface area contributed by atoms with Crippen LogP contribution in [-0.4, -0.2) is 38.3 Å². The normalized spacial score (nSPS) is 22.3. The van der Waals surface area contributed by atoms with Crippen LogP contribution in [0.25, 0.3) is 0 Å². The molecule has 4 heteroatoms. The van der Waals surface area contributed by atoms with Crippen LogP contribution in [0.1, 0.15) is 36.5 Å². The van der Waals surface area contributed by atoms with Gasteiger partial charge in [-0.2, -0.15) is 5.26 Å². The van der Waals surface area contributed by atoms with E-state index >= 15 is 0 Å². The first-order valence-electron chi connectivity index (χ1n) is 10.2. The van der Waals surface area contributed by atoms with Gasteiger partial charge in [0.2, 0.25) is 0 Å². The van der Waals surface area contributed by atoms with Gasteiger partial charge in [-0.15, -0.1) is 0 Å². The number of rotatable bonds is 4. The van der Waals surface area contributed by atoms with Gasteiger partial charge in [-0.3, -0.25) is 4.90 Å². The van der Waals surface area contributed by atoms with E-state index in [1.807, 2.05) is 24.3 Å². The monoisotopic (exact) mass is 375 g/mol. The molecule has 1 unspecified atom stereocenters. The van der Waals surface area contributed by atoms with Crippen LogP contribution < -0.4 is 4.90 Å². The predicted octanol–water partition coefficient (Wildman–Crippen LogP) is 4.50. The van der Waals surface area contributed by atoms with E-state index in [1.165, 1.54) is 29.7 Å². The van der Waals surface area contributed by atoms with Crippen LogP contribution in [0.3, 0.4) is 0 Å². The third-order valence-corrected chi connectivity index (χ3v) is 6.18. The van der Waals surface area contributed by atoms with Crippen molar-refractivity contribution >= 4 is 11.4 Å². The van der Waals surface area contributed by atoms with Gasteiger partial charge in [-0.05, 0) is 66.8 Å². The van der Waals surface area contributed by atoms with E-state index in [-0.39, 0.29) is 5.41 Å². The molecule has 28 heavy (non-hydrogen) atoms. The van der Waals surface area contributed by atoms with Crippen molar-refractivity contribution in [2.75, 3.05) is 38.3 Å². The van der Waals surface area contributed by atoms with Crippen LogP contribution in [0.5, 0.6) is 0 Å². The Morgan fingerprint density at radius 2 is 1.93 bits per heavy atom. The lowest BCUT2D eigenvalue weighted by Crippen LogP contribution is -2.43. The van der Waals surface area contributed by atoms with E-state index < -0.39 is 0 Å². The largest absolute Gasteiger partial charge is 0.381 e. The van der Waals surface area contributed by atoms with Crippen molar-refractivity contribution in [2.24, 2.45) is 5.41 Å². The molecular formula is C24H29N3O. The Labute approximate surface area is 168 Å². The SMILES string of the molecule is CN(c1ccc(C#N)cc1)c1ccc2c(c1)CN(CC1(C)CCCOC1)CC2. The van der Waals surface area contributed by atoms with E-state index in [4.69, 9.17) is 10.00 Å². The quantitative estimate of drug-likeness (QED) is 0.789. The molecule has 0 spiro atoms. The van der Waals surface area contributed by atoms with Crippen LogP contribution in [0, 0.1) is 16.7 Å². The molecule has 4 nitrogen and oxygen atoms in total. The molecule has 146 valence electrons. The maximum atomic E-state index is 9.00. The summed E-state index contributed by atoms with van der Waals surface area (Å²) >= 11 is 0. The van der Waals surface area contributed by atoms with Crippen LogP contribution >= 0.6 is 0 Å². The second-order valence-electron chi connectivity index (χ2n) is 8.60. The molecule has 0 amide bonds. The van der Waals surface area contributed by atoms with Crippen LogP contribution in [0.4, 0.5) is 11.4 Å². The molecule has 0 aromatic heterocycles. The molecule has 0 saturated carbocycles. The highest BCUT2D eigenvalue weighted by atomic mass is 16.5. The van der Waals surface area contributed by atoms with E-state index in [1.54, 1.807) is 0 Å². The summed E-state index contributed by atoms with van der Waals surface area (Å²) in [6.45, 7) is 7.44. The van der Waals surface area contributed by atoms with Gasteiger partial charge in [-0.1, -0.05) is 13.0 Å². The summed E-state index contributed by atoms with van der Waals surface area (Å²) in [4.78, 5) is 4.79. The summed E-state index contributed by atoms with van der Waals surface area (Å²) in [6, 6.07) is 16.8. The third-order valence-electron chi connectivity index (χ3n) is 6.18. The molecule has 0 aliphatic carbocycles. The number of hydrogen-bond donors (Lipinski definition) is 0. The number of anilines is 2. The minimum atomic E-state index is 0.284. The fourth-order valence-electron chi connectivity index (χ4n) is 4.51. The summed E-state index contributed by atoms with van der Waals surface area (Å²) in [7, 11) is 2.09. The van der Waals surface area contributed by atoms with Crippen LogP contribution in [-0.2, 0) is 17.7 Å². The molecule has 2 aliphatic heterocycles. The topological polar surface area (TPSA) is 39.5 Å². The number of nitrogens with zero attached hydrogens (tertiary/aromatic N) is 3. The molecule has 1 atom stereocenters. The number of fused-ring (bicyclic) bond motifs is 1. The molecule has 0 radical (unpaired) electrons. The average Bonchev–Trinajstić information content (AvgIpc) is 2.73. The first-order valence-corrected chi connectivity index (χ1v) is 10.2. The lowest BCUT2D eigenvalue weighted by molar-refractivity contribution is -0.0185. The van der Waals surface area contributed by atoms with Crippen molar-refractivity contribution in [3.8, 4) is 6.07 Å². The fraction of sp³-hybridized carbons (Fsp3) is 0.458. The predicted molar refractivity (Wildman–Crippen MR) is 113 cm³/mol. The minimum absolute atomic E-state index is 0.284. The summed E-state index contributed by atoms with van der Waals surface area (Å²) in [5, 5.41) is 9.00. The average molecular weight is 376 g/mol. The Kier molecular flexibility index (Phi) is 5.39. The first-order chi connectivity index (χ1) is 13.6. The number of hydrogen-bond acceptors (Lipinski definition) is 4. The van der Waals surface area contributed by atoms with Crippen molar-refractivity contribution in [3.05, 3.63) is 59.2 Å². The van der Waals surface area contributed by atoms with Crippen LogP contribution in [0.15, 0.2) is 42.5 Å². The second kappa shape index (κ2) is 7.95. The van der Waals surface area contributed by atoms with E-state index in [9.17, 15) is 0 Å². The Hall–Kier alpha value is -2.35. The first kappa shape index (κ1) is 19.0. The molecule has 1 fully saturated rings. The van der Waals surface area contributed by atoms with Gasteiger partial charge in [0.1, 0.15) is 0 Å². The number of ether oxygens (including phenoxy) is 1. The van der Waals surface area contributed by atoms with Gasteiger partial charge < -0.3 is 9.64 Å². The van der Waals surface area contributed by atoms with E-state index in [0.29, 0.717) is 5.56 Å². The highest BCUT2D eigenvalue weighted by Gasteiger charge is 2.31. The van der Waals surface area contributed by atoms with Crippen LogP contribution in [0.2, 0.25) is 0 Å². The standard InChI is InChI=1S/C24H29N3O/c1-24(11-3-13-28-18-24)17-27-12-10-20-6-9-23(14-21(20)16-27)26(2)22-7-4-19(15-25)5-8-22/h4-9,14H,3,10-13,16-18H2,1-2H3. The summed E-state index contributed by atoms with van der Waals surface area (Å²) < 4.78 is 5.76. The van der Waals surface area contributed by atoms with Gasteiger partial charge in [0.15, 0.2) is 0 Å². The van der Waals surface area contributed by atoms with Gasteiger partial charge >= 0.3 is 0 Å². The number of benzene rings is 2. The Morgan fingerprint density at radius 3 is 2.64 bits per heavy atom. The molecule has 0 bridgehead atoms. The smallest absolute Gasteiger partial charge is 0.0991 e. The maximum Gasteiger partial charge on any atom is 0.0991 e. The molecule has 2 aromatic rings. The molecule has 1 saturated heterocycles. The zero-order chi connectivity index (χ0) is 19.6. The zero-order valence-electron chi connectivity index (χ0n) is 16.9. The fourth-order valence-corrected chi connectivity index (χ4v) is 4.51. The van der Waals surface area contributed by atoms with Crippen molar-refractivity contribution < 1.29 is 4.74 Å². The zero-order valence-corrected chi connectivity index (χ0v) is 16.9. The minimum Gasteiger partial charge on any atom is -0.381 e. The summed E-state index contributed by atoms with van der Waals surface area (Å²) in [5.41, 5.74) is 6.17. The van der Waals surface area contributed by atoms with Crippen molar-refractivity contribution in [2.45, 2.75) is 32.7 Å².